The van der Waals surface area contributed by atoms with Crippen molar-refractivity contribution in [1.29, 1.82) is 0 Å². The molecule has 2 aliphatic rings. The molecule has 17 heavy (non-hydrogen) atoms. The van der Waals surface area contributed by atoms with Gasteiger partial charge in [0.25, 0.3) is 0 Å². The van der Waals surface area contributed by atoms with Gasteiger partial charge in [0.05, 0.1) is 17.2 Å². The van der Waals surface area contributed by atoms with E-state index in [4.69, 9.17) is 5.21 Å². The predicted molar refractivity (Wildman–Crippen MR) is 66.3 cm³/mol. The summed E-state index contributed by atoms with van der Waals surface area (Å²) in [4.78, 5) is 2.26. The summed E-state index contributed by atoms with van der Waals surface area (Å²) in [6, 6.07) is 0.175. The van der Waals surface area contributed by atoms with Crippen molar-refractivity contribution >= 4 is 15.5 Å². The maximum Gasteiger partial charge on any atom is 0.151 e. The van der Waals surface area contributed by atoms with Gasteiger partial charge < -0.3 is 5.21 Å². The molecular formula is C11H20N2O3S. The molecule has 2 atom stereocenters. The Morgan fingerprint density at radius 2 is 2.29 bits per heavy atom. The second-order valence-corrected chi connectivity index (χ2v) is 7.23. The van der Waals surface area contributed by atoms with Crippen molar-refractivity contribution in [2.45, 2.75) is 32.2 Å². The molecule has 6 heteroatoms. The van der Waals surface area contributed by atoms with Gasteiger partial charge in [0, 0.05) is 31.5 Å². The number of hydrogen-bond acceptors (Lipinski definition) is 5. The monoisotopic (exact) mass is 260 g/mol. The predicted octanol–water partition coefficient (Wildman–Crippen LogP) is 0.736. The second-order valence-electron chi connectivity index (χ2n) is 5.00. The van der Waals surface area contributed by atoms with E-state index in [0.717, 1.165) is 38.1 Å². The smallest absolute Gasteiger partial charge is 0.151 e. The minimum atomic E-state index is -2.81. The van der Waals surface area contributed by atoms with Crippen molar-refractivity contribution in [1.82, 2.24) is 4.90 Å². The van der Waals surface area contributed by atoms with Crippen LogP contribution in [0.25, 0.3) is 0 Å². The molecule has 0 aliphatic carbocycles. The zero-order chi connectivity index (χ0) is 12.5. The Bertz CT molecular complexity index is 405. The molecule has 5 nitrogen and oxygen atoms in total. The van der Waals surface area contributed by atoms with Crippen LogP contribution in [0.3, 0.4) is 0 Å². The minimum Gasteiger partial charge on any atom is -0.411 e. The maximum absolute atomic E-state index is 11.5. The van der Waals surface area contributed by atoms with Crippen LogP contribution in [-0.2, 0) is 9.84 Å². The van der Waals surface area contributed by atoms with Gasteiger partial charge in [0.1, 0.15) is 0 Å². The fourth-order valence-corrected chi connectivity index (χ4v) is 4.59. The average Bonchev–Trinajstić information content (AvgIpc) is 2.68. The summed E-state index contributed by atoms with van der Waals surface area (Å²) in [6.07, 6.45) is 2.45. The second kappa shape index (κ2) is 4.94. The first-order chi connectivity index (χ1) is 8.05. The molecule has 1 N–H and O–H groups in total. The first-order valence-electron chi connectivity index (χ1n) is 6.21. The summed E-state index contributed by atoms with van der Waals surface area (Å²) in [5.74, 6) is 0.901. The van der Waals surface area contributed by atoms with Crippen molar-refractivity contribution in [3.8, 4) is 0 Å². The van der Waals surface area contributed by atoms with E-state index < -0.39 is 9.84 Å². The van der Waals surface area contributed by atoms with Crippen LogP contribution >= 0.6 is 0 Å². The number of oxime groups is 1. The fourth-order valence-electron chi connectivity index (χ4n) is 2.83. The Morgan fingerprint density at radius 1 is 1.53 bits per heavy atom. The van der Waals surface area contributed by atoms with Crippen LogP contribution in [0.2, 0.25) is 0 Å². The lowest BCUT2D eigenvalue weighted by molar-refractivity contribution is 0.179. The molecule has 0 radical (unpaired) electrons. The molecule has 0 bridgehead atoms. The molecule has 2 unspecified atom stereocenters. The van der Waals surface area contributed by atoms with Crippen LogP contribution in [-0.4, -0.2) is 54.9 Å². The van der Waals surface area contributed by atoms with Crippen molar-refractivity contribution in [2.24, 2.45) is 11.1 Å². The lowest BCUT2D eigenvalue weighted by atomic mass is 9.92. The van der Waals surface area contributed by atoms with E-state index in [1.165, 1.54) is 0 Å². The summed E-state index contributed by atoms with van der Waals surface area (Å²) in [7, 11) is -2.81. The van der Waals surface area contributed by atoms with Gasteiger partial charge in [0.2, 0.25) is 0 Å². The first kappa shape index (κ1) is 12.8. The summed E-state index contributed by atoms with van der Waals surface area (Å²) in [5.41, 5.74) is 0.865. The molecule has 2 heterocycles. The quantitative estimate of drug-likeness (QED) is 0.587. The van der Waals surface area contributed by atoms with Gasteiger partial charge in [-0.1, -0.05) is 12.1 Å². The Hall–Kier alpha value is -0.620. The first-order valence-corrected chi connectivity index (χ1v) is 8.03. The third-order valence-electron chi connectivity index (χ3n) is 3.93. The fraction of sp³-hybridized carbons (Fsp3) is 0.909. The molecule has 2 fully saturated rings. The van der Waals surface area contributed by atoms with E-state index in [-0.39, 0.29) is 12.0 Å². The highest BCUT2D eigenvalue weighted by Crippen LogP contribution is 2.24. The molecule has 0 saturated carbocycles. The average molecular weight is 260 g/mol. The molecule has 0 amide bonds. The molecule has 2 rings (SSSR count). The Labute approximate surface area is 102 Å². The van der Waals surface area contributed by atoms with Crippen molar-refractivity contribution < 1.29 is 13.6 Å². The van der Waals surface area contributed by atoms with Gasteiger partial charge in [-0.3, -0.25) is 4.90 Å². The van der Waals surface area contributed by atoms with Crippen molar-refractivity contribution in [2.75, 3.05) is 24.6 Å². The van der Waals surface area contributed by atoms with E-state index in [2.05, 4.69) is 17.0 Å². The van der Waals surface area contributed by atoms with E-state index in [1.807, 2.05) is 0 Å². The number of nitrogens with zero attached hydrogens (tertiary/aromatic N) is 2. The Morgan fingerprint density at radius 3 is 2.82 bits per heavy atom. The number of likely N-dealkylation sites (tertiary alicyclic amines) is 1. The zero-order valence-corrected chi connectivity index (χ0v) is 11.0. The third kappa shape index (κ3) is 2.80. The van der Waals surface area contributed by atoms with E-state index >= 15 is 0 Å². The minimum absolute atomic E-state index is 0.175. The van der Waals surface area contributed by atoms with Gasteiger partial charge in [-0.2, -0.15) is 0 Å². The van der Waals surface area contributed by atoms with Crippen LogP contribution < -0.4 is 0 Å². The van der Waals surface area contributed by atoms with Crippen LogP contribution in [0.4, 0.5) is 0 Å². The molecular weight excluding hydrogens is 240 g/mol. The summed E-state index contributed by atoms with van der Waals surface area (Å²) >= 11 is 0. The third-order valence-corrected chi connectivity index (χ3v) is 5.68. The van der Waals surface area contributed by atoms with Crippen LogP contribution in [0, 0.1) is 5.92 Å². The van der Waals surface area contributed by atoms with Crippen LogP contribution in [0.5, 0.6) is 0 Å². The van der Waals surface area contributed by atoms with Gasteiger partial charge in [-0.25, -0.2) is 8.42 Å². The zero-order valence-electron chi connectivity index (χ0n) is 10.2. The molecule has 2 aliphatic heterocycles. The highest BCUT2D eigenvalue weighted by molar-refractivity contribution is 7.91. The lowest BCUT2D eigenvalue weighted by Gasteiger charge is -2.36. The maximum atomic E-state index is 11.5. The standard InChI is InChI=1S/C11H20N2O3S/c1-2-9-7-13(5-3-11(9)12-14)10-4-6-17(15,16)8-10/h9-10,14H,2-8H2,1H3. The summed E-state index contributed by atoms with van der Waals surface area (Å²) in [6.45, 7) is 3.72. The number of hydrogen-bond donors (Lipinski definition) is 1. The van der Waals surface area contributed by atoms with Gasteiger partial charge in [-0.15, -0.1) is 0 Å². The van der Waals surface area contributed by atoms with Crippen molar-refractivity contribution in [3.63, 3.8) is 0 Å². The molecule has 2 saturated heterocycles. The summed E-state index contributed by atoms with van der Waals surface area (Å²) < 4.78 is 22.9. The summed E-state index contributed by atoms with van der Waals surface area (Å²) in [5, 5.41) is 12.3. The molecule has 0 aromatic heterocycles. The topological polar surface area (TPSA) is 70.0 Å². The van der Waals surface area contributed by atoms with E-state index in [1.54, 1.807) is 0 Å². The van der Waals surface area contributed by atoms with Crippen LogP contribution in [0.15, 0.2) is 5.16 Å². The highest BCUT2D eigenvalue weighted by Gasteiger charge is 2.35. The normalized spacial score (nSPS) is 36.4. The van der Waals surface area contributed by atoms with E-state index in [0.29, 0.717) is 11.5 Å². The number of sulfone groups is 1. The SMILES string of the molecule is CCC1CN(C2CCS(=O)(=O)C2)CCC1=NO. The Kier molecular flexibility index (Phi) is 3.73. The van der Waals surface area contributed by atoms with Gasteiger partial charge in [0.15, 0.2) is 9.84 Å². The van der Waals surface area contributed by atoms with Crippen molar-refractivity contribution in [3.05, 3.63) is 0 Å². The number of piperidine rings is 1. The number of rotatable bonds is 2. The highest BCUT2D eigenvalue weighted by atomic mass is 32.2. The molecule has 0 aromatic rings. The Balaban J connectivity index is 2.01. The lowest BCUT2D eigenvalue weighted by Crippen LogP contribution is -2.46. The van der Waals surface area contributed by atoms with E-state index in [9.17, 15) is 8.42 Å². The molecule has 0 spiro atoms. The van der Waals surface area contributed by atoms with Crippen LogP contribution in [0.1, 0.15) is 26.2 Å². The molecule has 98 valence electrons. The van der Waals surface area contributed by atoms with Gasteiger partial charge >= 0.3 is 0 Å². The molecule has 0 aromatic carbocycles. The largest absolute Gasteiger partial charge is 0.411 e. The van der Waals surface area contributed by atoms with Gasteiger partial charge in [-0.05, 0) is 12.8 Å².